The van der Waals surface area contributed by atoms with Gasteiger partial charge in [0.15, 0.2) is 5.49 Å². The van der Waals surface area contributed by atoms with Gasteiger partial charge in [0.2, 0.25) is 10.0 Å². The Morgan fingerprint density at radius 2 is 2.03 bits per heavy atom. The lowest BCUT2D eigenvalue weighted by atomic mass is 10.3. The Hall–Kier alpha value is -2.85. The molecule has 0 amide bonds. The number of pyridine rings is 1. The van der Waals surface area contributed by atoms with Crippen LogP contribution in [0.25, 0.3) is 0 Å². The highest BCUT2D eigenvalue weighted by atomic mass is 32.2. The molecule has 170 valence electrons. The normalized spacial score (nSPS) is 13.0. The van der Waals surface area contributed by atoms with Crippen LogP contribution in [0.3, 0.4) is 0 Å². The van der Waals surface area contributed by atoms with Crippen LogP contribution in [0, 0.1) is 0 Å². The van der Waals surface area contributed by atoms with E-state index in [4.69, 9.17) is 9.47 Å². The summed E-state index contributed by atoms with van der Waals surface area (Å²) in [5.74, 6) is -0.0169. The summed E-state index contributed by atoms with van der Waals surface area (Å²) in [5.41, 5.74) is 0.478. The van der Waals surface area contributed by atoms with Gasteiger partial charge >= 0.3 is 5.97 Å². The van der Waals surface area contributed by atoms with Crippen LogP contribution in [-0.2, 0) is 19.6 Å². The van der Waals surface area contributed by atoms with E-state index < -0.39 is 22.0 Å². The zero-order valence-corrected chi connectivity index (χ0v) is 18.5. The fraction of sp³-hybridized carbons (Fsp3) is 0.429. The number of ether oxygens (including phenoxy) is 2. The number of sulfonamides is 1. The molecule has 0 fully saturated rings. The van der Waals surface area contributed by atoms with Crippen LogP contribution in [0.5, 0.6) is 5.75 Å². The third kappa shape index (κ3) is 8.42. The van der Waals surface area contributed by atoms with Crippen LogP contribution in [0.4, 0.5) is 0 Å². The van der Waals surface area contributed by atoms with Crippen LogP contribution in [0.1, 0.15) is 33.1 Å². The van der Waals surface area contributed by atoms with Crippen molar-refractivity contribution in [1.82, 2.24) is 9.45 Å². The van der Waals surface area contributed by atoms with E-state index in [0.29, 0.717) is 30.8 Å². The van der Waals surface area contributed by atoms with Crippen molar-refractivity contribution >= 4 is 16.0 Å². The van der Waals surface area contributed by atoms with Gasteiger partial charge in [-0.25, -0.2) is 13.1 Å². The fourth-order valence-corrected chi connectivity index (χ4v) is 4.00. The number of nitrogens with one attached hydrogen (secondary N) is 1. The Kier molecular flexibility index (Phi) is 9.54. The Bertz CT molecular complexity index is 1020. The molecule has 0 spiro atoms. The van der Waals surface area contributed by atoms with E-state index in [0.717, 1.165) is 11.2 Å². The number of benzene rings is 1. The summed E-state index contributed by atoms with van der Waals surface area (Å²) >= 11 is 0. The van der Waals surface area contributed by atoms with Crippen molar-refractivity contribution in [3.63, 3.8) is 0 Å². The number of aromatic nitrogens is 1. The van der Waals surface area contributed by atoms with E-state index >= 15 is 0 Å². The zero-order valence-electron chi connectivity index (χ0n) is 17.7. The van der Waals surface area contributed by atoms with Crippen LogP contribution >= 0.6 is 0 Å². The molecule has 31 heavy (non-hydrogen) atoms. The average Bonchev–Trinajstić information content (AvgIpc) is 2.71. The molecule has 0 aliphatic carbocycles. The molecule has 1 heterocycles. The molecule has 0 saturated heterocycles. The van der Waals surface area contributed by atoms with Crippen LogP contribution in [-0.4, -0.2) is 50.1 Å². The molecule has 0 aliphatic rings. The summed E-state index contributed by atoms with van der Waals surface area (Å²) < 4.78 is 39.1. The molecule has 0 saturated carbocycles. The first kappa shape index (κ1) is 24.4. The maximum Gasteiger partial charge on any atom is 0.307 e. The van der Waals surface area contributed by atoms with E-state index in [1.807, 2.05) is 0 Å². The number of esters is 1. The highest BCUT2D eigenvalue weighted by molar-refractivity contribution is 7.89. The Balaban J connectivity index is 1.83. The number of carbonyl (C=O) groups is 1. The maximum absolute atomic E-state index is 12.6. The monoisotopic (exact) mass is 451 g/mol. The highest BCUT2D eigenvalue weighted by Crippen LogP contribution is 2.18. The minimum Gasteiger partial charge on any atom is -0.494 e. The van der Waals surface area contributed by atoms with Gasteiger partial charge in [-0.1, -0.05) is 12.1 Å². The van der Waals surface area contributed by atoms with Gasteiger partial charge in [-0.3, -0.25) is 9.79 Å². The maximum atomic E-state index is 12.6. The fourth-order valence-electron chi connectivity index (χ4n) is 2.72. The third-order valence-corrected chi connectivity index (χ3v) is 5.75. The molecular weight excluding hydrogens is 422 g/mol. The van der Waals surface area contributed by atoms with Gasteiger partial charge in [0.05, 0.1) is 24.5 Å². The molecule has 1 atom stereocenters. The molecule has 9 nitrogen and oxygen atoms in total. The summed E-state index contributed by atoms with van der Waals surface area (Å²) in [7, 11) is -3.80. The first-order chi connectivity index (χ1) is 14.8. The largest absolute Gasteiger partial charge is 0.494 e. The second-order valence-electron chi connectivity index (χ2n) is 6.85. The molecule has 2 rings (SSSR count). The number of unbranched alkanes of at least 4 members (excludes halogenated alkanes) is 1. The number of nitrogens with zero attached hydrogens (tertiary/aromatic N) is 2. The summed E-state index contributed by atoms with van der Waals surface area (Å²) in [5, 5.41) is 9.60. The van der Waals surface area contributed by atoms with Gasteiger partial charge < -0.3 is 14.7 Å². The lowest BCUT2D eigenvalue weighted by molar-refractivity contribution is -0.143. The standard InChI is InChI=1S/C21H29N3O6S/c1-3-29-21(25)15-17(2)23-31(27,28)19-10-8-9-18(16-19)30-14-7-5-12-22-20-11-4-6-13-24(20)26/h4,6,8-11,13,16-17,23,26H,3,5,7,12,14-15H2,1-2H3. The number of rotatable bonds is 12. The second-order valence-corrected chi connectivity index (χ2v) is 8.56. The Morgan fingerprint density at radius 3 is 2.77 bits per heavy atom. The van der Waals surface area contributed by atoms with Crippen molar-refractivity contribution < 1.29 is 27.9 Å². The predicted octanol–water partition coefficient (Wildman–Crippen LogP) is 2.11. The average molecular weight is 452 g/mol. The van der Waals surface area contributed by atoms with Gasteiger partial charge in [0.25, 0.3) is 0 Å². The predicted molar refractivity (Wildman–Crippen MR) is 114 cm³/mol. The van der Waals surface area contributed by atoms with Crippen molar-refractivity contribution in [2.75, 3.05) is 19.8 Å². The topological polar surface area (TPSA) is 119 Å². The second kappa shape index (κ2) is 12.1. The van der Waals surface area contributed by atoms with Gasteiger partial charge in [-0.2, -0.15) is 4.73 Å². The van der Waals surface area contributed by atoms with Gasteiger partial charge in [-0.15, -0.1) is 0 Å². The Labute approximate surface area is 182 Å². The van der Waals surface area contributed by atoms with Crippen molar-refractivity contribution in [3.8, 4) is 5.75 Å². The zero-order chi connectivity index (χ0) is 22.7. The molecule has 1 aromatic carbocycles. The minimum atomic E-state index is -3.80. The molecule has 10 heteroatoms. The first-order valence-corrected chi connectivity index (χ1v) is 11.6. The lowest BCUT2D eigenvalue weighted by Crippen LogP contribution is -2.34. The third-order valence-electron chi connectivity index (χ3n) is 4.16. The Morgan fingerprint density at radius 1 is 1.23 bits per heavy atom. The molecule has 0 aliphatic heterocycles. The van der Waals surface area contributed by atoms with Crippen molar-refractivity contribution in [1.29, 1.82) is 0 Å². The van der Waals surface area contributed by atoms with E-state index in [1.165, 1.54) is 18.3 Å². The minimum absolute atomic E-state index is 0.0480. The smallest absolute Gasteiger partial charge is 0.307 e. The molecule has 2 N–H and O–H groups in total. The van der Waals surface area contributed by atoms with Crippen LogP contribution < -0.4 is 14.9 Å². The SMILES string of the molecule is CCOC(=O)CC(C)NS(=O)(=O)c1cccc(OCCCCN=c2ccccn2O)c1. The quantitative estimate of drug-likeness (QED) is 0.290. The molecule has 0 bridgehead atoms. The highest BCUT2D eigenvalue weighted by Gasteiger charge is 2.20. The molecule has 2 aromatic rings. The van der Waals surface area contributed by atoms with Crippen molar-refractivity contribution in [2.45, 2.75) is 44.0 Å². The van der Waals surface area contributed by atoms with Crippen molar-refractivity contribution in [2.24, 2.45) is 4.99 Å². The molecular formula is C21H29N3O6S. The molecule has 1 unspecified atom stereocenters. The van der Waals surface area contributed by atoms with E-state index in [9.17, 15) is 18.4 Å². The van der Waals surface area contributed by atoms with Gasteiger partial charge in [0.1, 0.15) is 5.75 Å². The van der Waals surface area contributed by atoms with E-state index in [-0.39, 0.29) is 17.9 Å². The van der Waals surface area contributed by atoms with Crippen LogP contribution in [0.15, 0.2) is 58.5 Å². The van der Waals surface area contributed by atoms with E-state index in [2.05, 4.69) is 9.71 Å². The lowest BCUT2D eigenvalue weighted by Gasteiger charge is -2.14. The summed E-state index contributed by atoms with van der Waals surface area (Å²) in [6.07, 6.45) is 2.93. The first-order valence-electron chi connectivity index (χ1n) is 10.1. The number of carbonyl (C=O) groups excluding carboxylic acids is 1. The van der Waals surface area contributed by atoms with Crippen LogP contribution in [0.2, 0.25) is 0 Å². The van der Waals surface area contributed by atoms with Gasteiger partial charge in [-0.05, 0) is 51.0 Å². The number of hydrogen-bond donors (Lipinski definition) is 2. The van der Waals surface area contributed by atoms with E-state index in [1.54, 1.807) is 44.2 Å². The summed E-state index contributed by atoms with van der Waals surface area (Å²) in [6, 6.07) is 10.8. The summed E-state index contributed by atoms with van der Waals surface area (Å²) in [4.78, 5) is 15.9. The molecule has 0 radical (unpaired) electrons. The summed E-state index contributed by atoms with van der Waals surface area (Å²) in [6.45, 7) is 4.48. The number of hydrogen-bond acceptors (Lipinski definition) is 7. The molecule has 1 aromatic heterocycles. The van der Waals surface area contributed by atoms with Gasteiger partial charge in [0, 0.05) is 24.8 Å². The van der Waals surface area contributed by atoms with Crippen molar-refractivity contribution in [3.05, 3.63) is 54.1 Å².